The van der Waals surface area contributed by atoms with Crippen molar-refractivity contribution in [3.8, 4) is 0 Å². The van der Waals surface area contributed by atoms with Crippen LogP contribution in [0.25, 0.3) is 0 Å². The van der Waals surface area contributed by atoms with Crippen LogP contribution in [-0.4, -0.2) is 67.1 Å². The number of aliphatic imine (C=N–C) groups is 1. The molecule has 5 nitrogen and oxygen atoms in total. The van der Waals surface area contributed by atoms with Crippen molar-refractivity contribution in [3.05, 3.63) is 35.9 Å². The number of benzene rings is 1. The van der Waals surface area contributed by atoms with Gasteiger partial charge in [0, 0.05) is 44.8 Å². The summed E-state index contributed by atoms with van der Waals surface area (Å²) in [6.07, 6.45) is 4.89. The normalized spacial score (nSPS) is 25.7. The number of nitrogens with zero attached hydrogens (tertiary/aromatic N) is 3. The highest BCUT2D eigenvalue weighted by Crippen LogP contribution is 2.20. The molecule has 2 heterocycles. The molecule has 2 fully saturated rings. The van der Waals surface area contributed by atoms with E-state index in [1.165, 1.54) is 50.9 Å². The molecule has 0 saturated carbocycles. The summed E-state index contributed by atoms with van der Waals surface area (Å²) >= 11 is 0. The fourth-order valence-electron chi connectivity index (χ4n) is 4.72. The molecule has 1 aromatic rings. The highest BCUT2D eigenvalue weighted by atomic mass is 127. The molecule has 0 bridgehead atoms. The Balaban J connectivity index is 0.00000320. The van der Waals surface area contributed by atoms with Crippen LogP contribution in [0.2, 0.25) is 0 Å². The number of halogens is 1. The first-order chi connectivity index (χ1) is 14.2. The third-order valence-electron chi connectivity index (χ3n) is 6.34. The number of hydrogen-bond acceptors (Lipinski definition) is 3. The predicted molar refractivity (Wildman–Crippen MR) is 139 cm³/mol. The molecule has 2 N–H and O–H groups in total. The molecule has 0 amide bonds. The van der Waals surface area contributed by atoms with Crippen molar-refractivity contribution in [2.24, 2.45) is 10.9 Å². The van der Waals surface area contributed by atoms with Gasteiger partial charge in [-0.3, -0.25) is 9.89 Å². The molecular weight excluding hydrogens is 485 g/mol. The molecule has 2 saturated heterocycles. The zero-order valence-corrected chi connectivity index (χ0v) is 21.5. The molecule has 170 valence electrons. The van der Waals surface area contributed by atoms with E-state index in [2.05, 4.69) is 71.5 Å². The fraction of sp³-hybridized carbons (Fsp3) is 0.708. The van der Waals surface area contributed by atoms with Crippen LogP contribution >= 0.6 is 24.0 Å². The van der Waals surface area contributed by atoms with E-state index in [-0.39, 0.29) is 24.0 Å². The Labute approximate surface area is 201 Å². The van der Waals surface area contributed by atoms with Gasteiger partial charge >= 0.3 is 0 Å². The number of likely N-dealkylation sites (tertiary alicyclic amines) is 2. The summed E-state index contributed by atoms with van der Waals surface area (Å²) in [7, 11) is 0. The van der Waals surface area contributed by atoms with E-state index >= 15 is 0 Å². The maximum atomic E-state index is 4.95. The van der Waals surface area contributed by atoms with Crippen molar-refractivity contribution in [1.29, 1.82) is 0 Å². The number of guanidine groups is 1. The minimum absolute atomic E-state index is 0. The molecule has 2 aliphatic rings. The van der Waals surface area contributed by atoms with Crippen molar-refractivity contribution in [1.82, 2.24) is 20.4 Å². The lowest BCUT2D eigenvalue weighted by molar-refractivity contribution is 0.134. The van der Waals surface area contributed by atoms with Crippen molar-refractivity contribution in [2.45, 2.75) is 65.1 Å². The first-order valence-corrected chi connectivity index (χ1v) is 11.7. The molecule has 3 atom stereocenters. The van der Waals surface area contributed by atoms with Crippen LogP contribution in [0, 0.1) is 5.92 Å². The lowest BCUT2D eigenvalue weighted by atomic mass is 9.97. The molecule has 6 heteroatoms. The van der Waals surface area contributed by atoms with Gasteiger partial charge in [0.15, 0.2) is 5.96 Å². The highest BCUT2D eigenvalue weighted by molar-refractivity contribution is 14.0. The van der Waals surface area contributed by atoms with E-state index in [0.29, 0.717) is 18.0 Å². The van der Waals surface area contributed by atoms with E-state index in [1.807, 2.05) is 0 Å². The summed E-state index contributed by atoms with van der Waals surface area (Å²) in [5.74, 6) is 1.72. The SMILES string of the molecule is CCCN1CCC(CN=C(NCC)NC2CCN(Cc3ccccc3)C(C)C2)C1.I. The average molecular weight is 528 g/mol. The zero-order valence-electron chi connectivity index (χ0n) is 19.1. The highest BCUT2D eigenvalue weighted by Gasteiger charge is 2.26. The third kappa shape index (κ3) is 8.00. The Morgan fingerprint density at radius 1 is 1.13 bits per heavy atom. The van der Waals surface area contributed by atoms with Crippen molar-refractivity contribution < 1.29 is 0 Å². The van der Waals surface area contributed by atoms with Crippen molar-refractivity contribution in [2.75, 3.05) is 39.3 Å². The molecule has 3 unspecified atom stereocenters. The molecule has 0 spiro atoms. The van der Waals surface area contributed by atoms with E-state index in [9.17, 15) is 0 Å². The number of nitrogens with one attached hydrogen (secondary N) is 2. The largest absolute Gasteiger partial charge is 0.357 e. The van der Waals surface area contributed by atoms with Crippen molar-refractivity contribution >= 4 is 29.9 Å². The summed E-state index contributed by atoms with van der Waals surface area (Å²) in [6.45, 7) is 14.5. The van der Waals surface area contributed by atoms with Gasteiger partial charge in [-0.2, -0.15) is 0 Å². The van der Waals surface area contributed by atoms with Crippen LogP contribution in [0.3, 0.4) is 0 Å². The van der Waals surface area contributed by atoms with E-state index in [0.717, 1.165) is 32.1 Å². The first kappa shape index (κ1) is 25.4. The van der Waals surface area contributed by atoms with E-state index in [1.54, 1.807) is 0 Å². The summed E-state index contributed by atoms with van der Waals surface area (Å²) in [5.41, 5.74) is 1.41. The third-order valence-corrected chi connectivity index (χ3v) is 6.34. The lowest BCUT2D eigenvalue weighted by Crippen LogP contribution is -2.51. The first-order valence-electron chi connectivity index (χ1n) is 11.7. The number of piperidine rings is 1. The van der Waals surface area contributed by atoms with Gasteiger partial charge in [-0.05, 0) is 64.1 Å². The Hall–Kier alpha value is -0.860. The average Bonchev–Trinajstić information content (AvgIpc) is 3.17. The number of rotatable bonds is 8. The van der Waals surface area contributed by atoms with E-state index < -0.39 is 0 Å². The smallest absolute Gasteiger partial charge is 0.191 e. The molecule has 2 aliphatic heterocycles. The van der Waals surface area contributed by atoms with Crippen LogP contribution in [0.15, 0.2) is 35.3 Å². The molecule has 3 rings (SSSR count). The summed E-state index contributed by atoms with van der Waals surface area (Å²) in [6, 6.07) is 11.9. The summed E-state index contributed by atoms with van der Waals surface area (Å²) < 4.78 is 0. The lowest BCUT2D eigenvalue weighted by Gasteiger charge is -2.38. The zero-order chi connectivity index (χ0) is 20.5. The standard InChI is InChI=1S/C24H41N5.HI/c1-4-13-28-14-11-22(18-28)17-26-24(25-5-2)27-23-12-15-29(20(3)16-23)19-21-9-7-6-8-10-21;/h6-10,20,22-23H,4-5,11-19H2,1-3H3,(H2,25,26,27);1H. The van der Waals surface area contributed by atoms with E-state index in [4.69, 9.17) is 4.99 Å². The fourth-order valence-corrected chi connectivity index (χ4v) is 4.72. The van der Waals surface area contributed by atoms with Crippen LogP contribution in [0.4, 0.5) is 0 Å². The molecule has 1 aromatic carbocycles. The Kier molecular flexibility index (Phi) is 11.5. The summed E-state index contributed by atoms with van der Waals surface area (Å²) in [4.78, 5) is 10.1. The van der Waals surface area contributed by atoms with Gasteiger partial charge in [0.2, 0.25) is 0 Å². The van der Waals surface area contributed by atoms with Crippen LogP contribution in [0.1, 0.15) is 52.0 Å². The Morgan fingerprint density at radius 2 is 1.93 bits per heavy atom. The number of hydrogen-bond donors (Lipinski definition) is 2. The second-order valence-corrected chi connectivity index (χ2v) is 8.85. The second kappa shape index (κ2) is 13.5. The molecular formula is C24H42IN5. The van der Waals surface area contributed by atoms with Gasteiger partial charge in [-0.1, -0.05) is 37.3 Å². The van der Waals surface area contributed by atoms with Gasteiger partial charge in [0.05, 0.1) is 0 Å². The predicted octanol–water partition coefficient (Wildman–Crippen LogP) is 3.94. The maximum absolute atomic E-state index is 4.95. The van der Waals surface area contributed by atoms with Gasteiger partial charge in [-0.15, -0.1) is 24.0 Å². The van der Waals surface area contributed by atoms with Gasteiger partial charge in [-0.25, -0.2) is 0 Å². The van der Waals surface area contributed by atoms with Crippen LogP contribution in [-0.2, 0) is 6.54 Å². The molecule has 0 radical (unpaired) electrons. The van der Waals surface area contributed by atoms with Gasteiger partial charge in [0.1, 0.15) is 0 Å². The quantitative estimate of drug-likeness (QED) is 0.306. The monoisotopic (exact) mass is 527 g/mol. The Bertz CT molecular complexity index is 623. The Morgan fingerprint density at radius 3 is 2.63 bits per heavy atom. The second-order valence-electron chi connectivity index (χ2n) is 8.85. The van der Waals surface area contributed by atoms with Gasteiger partial charge < -0.3 is 15.5 Å². The molecule has 30 heavy (non-hydrogen) atoms. The molecule has 0 aromatic heterocycles. The minimum atomic E-state index is 0. The van der Waals surface area contributed by atoms with Crippen LogP contribution < -0.4 is 10.6 Å². The van der Waals surface area contributed by atoms with Crippen LogP contribution in [0.5, 0.6) is 0 Å². The van der Waals surface area contributed by atoms with Crippen molar-refractivity contribution in [3.63, 3.8) is 0 Å². The summed E-state index contributed by atoms with van der Waals surface area (Å²) in [5, 5.41) is 7.20. The van der Waals surface area contributed by atoms with Gasteiger partial charge in [0.25, 0.3) is 0 Å². The maximum Gasteiger partial charge on any atom is 0.191 e. The molecule has 0 aliphatic carbocycles. The topological polar surface area (TPSA) is 42.9 Å². The minimum Gasteiger partial charge on any atom is -0.357 e.